The van der Waals surface area contributed by atoms with E-state index in [1.807, 2.05) is 24.3 Å². The maximum absolute atomic E-state index is 7.41. The largest absolute Gasteiger partial charge is 0.384 e. The molecule has 21 heavy (non-hydrogen) atoms. The van der Waals surface area contributed by atoms with E-state index in [1.165, 1.54) is 11.1 Å². The van der Waals surface area contributed by atoms with Crippen molar-refractivity contribution in [2.24, 2.45) is 5.73 Å². The quantitative estimate of drug-likeness (QED) is 0.648. The molecule has 3 N–H and O–H groups in total. The summed E-state index contributed by atoms with van der Waals surface area (Å²) in [5.41, 5.74) is 10.0. The third-order valence-corrected chi connectivity index (χ3v) is 3.69. The van der Waals surface area contributed by atoms with Crippen molar-refractivity contribution in [1.29, 1.82) is 5.41 Å². The van der Waals surface area contributed by atoms with E-state index in [0.717, 1.165) is 17.8 Å². The summed E-state index contributed by atoms with van der Waals surface area (Å²) in [6, 6.07) is 16.6. The van der Waals surface area contributed by atoms with Crippen molar-refractivity contribution < 1.29 is 0 Å². The molecule has 0 saturated heterocycles. The van der Waals surface area contributed by atoms with Gasteiger partial charge in [-0.1, -0.05) is 38.1 Å². The number of nitrogens with zero attached hydrogens (tertiary/aromatic N) is 1. The van der Waals surface area contributed by atoms with Crippen LogP contribution in [0.4, 0.5) is 5.69 Å². The van der Waals surface area contributed by atoms with Gasteiger partial charge in [-0.15, -0.1) is 0 Å². The Kier molecular flexibility index (Phi) is 4.63. The summed E-state index contributed by atoms with van der Waals surface area (Å²) < 4.78 is 0. The zero-order valence-corrected chi connectivity index (χ0v) is 12.9. The highest BCUT2D eigenvalue weighted by Crippen LogP contribution is 2.19. The van der Waals surface area contributed by atoms with Crippen molar-refractivity contribution in [3.63, 3.8) is 0 Å². The second-order valence-electron chi connectivity index (χ2n) is 5.71. The van der Waals surface area contributed by atoms with E-state index in [-0.39, 0.29) is 5.84 Å². The third kappa shape index (κ3) is 3.85. The van der Waals surface area contributed by atoms with Gasteiger partial charge >= 0.3 is 0 Å². The molecule has 0 aliphatic carbocycles. The van der Waals surface area contributed by atoms with Gasteiger partial charge in [-0.2, -0.15) is 0 Å². The minimum Gasteiger partial charge on any atom is -0.384 e. The van der Waals surface area contributed by atoms with Crippen molar-refractivity contribution in [3.05, 3.63) is 65.2 Å². The molecule has 0 atom stereocenters. The first kappa shape index (κ1) is 15.1. The summed E-state index contributed by atoms with van der Waals surface area (Å²) in [7, 11) is 2.07. The Hall–Kier alpha value is -2.29. The molecule has 3 heteroatoms. The van der Waals surface area contributed by atoms with E-state index >= 15 is 0 Å². The lowest BCUT2D eigenvalue weighted by Gasteiger charge is -2.20. The van der Waals surface area contributed by atoms with Crippen molar-refractivity contribution in [3.8, 4) is 0 Å². The number of nitrogens with one attached hydrogen (secondary N) is 1. The molecule has 0 fully saturated rings. The zero-order chi connectivity index (χ0) is 15.4. The predicted octanol–water partition coefficient (Wildman–Crippen LogP) is 3.73. The Labute approximate surface area is 126 Å². The van der Waals surface area contributed by atoms with Gasteiger partial charge in [-0.3, -0.25) is 5.41 Å². The lowest BCUT2D eigenvalue weighted by molar-refractivity contribution is 0.861. The van der Waals surface area contributed by atoms with Crippen LogP contribution in [0, 0.1) is 5.41 Å². The monoisotopic (exact) mass is 281 g/mol. The van der Waals surface area contributed by atoms with E-state index < -0.39 is 0 Å². The number of rotatable bonds is 5. The number of hydrogen-bond acceptors (Lipinski definition) is 2. The summed E-state index contributed by atoms with van der Waals surface area (Å²) in [5.74, 6) is 0.671. The van der Waals surface area contributed by atoms with Crippen LogP contribution in [0.2, 0.25) is 0 Å². The fraction of sp³-hybridized carbons (Fsp3) is 0.278. The maximum atomic E-state index is 7.41. The van der Waals surface area contributed by atoms with Crippen LogP contribution in [-0.4, -0.2) is 12.9 Å². The fourth-order valence-corrected chi connectivity index (χ4v) is 2.27. The van der Waals surface area contributed by atoms with Gasteiger partial charge in [0.1, 0.15) is 5.84 Å². The van der Waals surface area contributed by atoms with Gasteiger partial charge in [-0.05, 0) is 41.3 Å². The summed E-state index contributed by atoms with van der Waals surface area (Å²) in [6.07, 6.45) is 0. The number of anilines is 1. The van der Waals surface area contributed by atoms with Crippen molar-refractivity contribution >= 4 is 11.5 Å². The molecule has 2 rings (SSSR count). The maximum Gasteiger partial charge on any atom is 0.122 e. The molecular formula is C18H23N3. The van der Waals surface area contributed by atoms with Gasteiger partial charge < -0.3 is 10.6 Å². The third-order valence-electron chi connectivity index (χ3n) is 3.69. The van der Waals surface area contributed by atoms with Crippen LogP contribution in [-0.2, 0) is 6.54 Å². The molecule has 2 aromatic carbocycles. The average molecular weight is 281 g/mol. The first-order valence-corrected chi connectivity index (χ1v) is 7.22. The van der Waals surface area contributed by atoms with Gasteiger partial charge in [0.05, 0.1) is 0 Å². The minimum atomic E-state index is 0.105. The highest BCUT2D eigenvalue weighted by molar-refractivity contribution is 5.95. The van der Waals surface area contributed by atoms with E-state index in [4.69, 9.17) is 11.1 Å². The molecule has 0 spiro atoms. The molecule has 0 amide bonds. The van der Waals surface area contributed by atoms with Crippen molar-refractivity contribution in [1.82, 2.24) is 0 Å². The summed E-state index contributed by atoms with van der Waals surface area (Å²) in [5, 5.41) is 7.41. The Morgan fingerprint density at radius 2 is 1.62 bits per heavy atom. The molecule has 0 aliphatic rings. The van der Waals surface area contributed by atoms with Crippen LogP contribution < -0.4 is 10.6 Å². The molecular weight excluding hydrogens is 258 g/mol. The van der Waals surface area contributed by atoms with E-state index in [9.17, 15) is 0 Å². The molecule has 0 aliphatic heterocycles. The number of nitrogens with two attached hydrogens (primary N) is 1. The molecule has 0 saturated carbocycles. The van der Waals surface area contributed by atoms with E-state index in [0.29, 0.717) is 5.92 Å². The molecule has 0 radical (unpaired) electrons. The standard InChI is InChI=1S/C18H23N3/c1-13(2)15-6-4-14(5-7-15)12-21(3)17-10-8-16(9-11-17)18(19)20/h4-11,13H,12H2,1-3H3,(H3,19,20). The number of hydrogen-bond donors (Lipinski definition) is 2. The van der Waals surface area contributed by atoms with Gasteiger partial charge in [-0.25, -0.2) is 0 Å². The highest BCUT2D eigenvalue weighted by atomic mass is 15.1. The normalized spacial score (nSPS) is 10.7. The summed E-state index contributed by atoms with van der Waals surface area (Å²) in [6.45, 7) is 5.27. The van der Waals surface area contributed by atoms with Gasteiger partial charge in [0, 0.05) is 24.8 Å². The molecule has 0 bridgehead atoms. The molecule has 3 nitrogen and oxygen atoms in total. The van der Waals surface area contributed by atoms with Gasteiger partial charge in [0.25, 0.3) is 0 Å². The Morgan fingerprint density at radius 1 is 1.05 bits per heavy atom. The van der Waals surface area contributed by atoms with Crippen molar-refractivity contribution in [2.75, 3.05) is 11.9 Å². The number of amidine groups is 1. The van der Waals surface area contributed by atoms with Crippen LogP contribution in [0.25, 0.3) is 0 Å². The smallest absolute Gasteiger partial charge is 0.122 e. The molecule has 0 aromatic heterocycles. The first-order valence-electron chi connectivity index (χ1n) is 7.22. The number of nitrogen functional groups attached to an aromatic ring is 1. The van der Waals surface area contributed by atoms with Crippen LogP contribution in [0.3, 0.4) is 0 Å². The fourth-order valence-electron chi connectivity index (χ4n) is 2.27. The Bertz CT molecular complexity index is 597. The van der Waals surface area contributed by atoms with Crippen LogP contribution in [0.1, 0.15) is 36.5 Å². The predicted molar refractivity (Wildman–Crippen MR) is 90.1 cm³/mol. The zero-order valence-electron chi connectivity index (χ0n) is 12.9. The highest BCUT2D eigenvalue weighted by Gasteiger charge is 2.04. The lowest BCUT2D eigenvalue weighted by Crippen LogP contribution is -2.17. The van der Waals surface area contributed by atoms with Crippen molar-refractivity contribution in [2.45, 2.75) is 26.3 Å². The minimum absolute atomic E-state index is 0.105. The molecule has 2 aromatic rings. The van der Waals surface area contributed by atoms with E-state index in [2.05, 4.69) is 50.1 Å². The second kappa shape index (κ2) is 6.44. The molecule has 0 heterocycles. The van der Waals surface area contributed by atoms with E-state index in [1.54, 1.807) is 0 Å². The SMILES string of the molecule is CC(C)c1ccc(CN(C)c2ccc(C(=N)N)cc2)cc1. The Morgan fingerprint density at radius 3 is 2.10 bits per heavy atom. The lowest BCUT2D eigenvalue weighted by atomic mass is 10.0. The first-order chi connectivity index (χ1) is 9.97. The Balaban J connectivity index is 2.06. The van der Waals surface area contributed by atoms with Gasteiger partial charge in [0.15, 0.2) is 0 Å². The number of benzene rings is 2. The van der Waals surface area contributed by atoms with Crippen LogP contribution in [0.5, 0.6) is 0 Å². The molecule has 0 unspecified atom stereocenters. The second-order valence-corrected chi connectivity index (χ2v) is 5.71. The van der Waals surface area contributed by atoms with Crippen LogP contribution >= 0.6 is 0 Å². The van der Waals surface area contributed by atoms with Crippen LogP contribution in [0.15, 0.2) is 48.5 Å². The topological polar surface area (TPSA) is 53.1 Å². The summed E-state index contributed by atoms with van der Waals surface area (Å²) >= 11 is 0. The summed E-state index contributed by atoms with van der Waals surface area (Å²) in [4.78, 5) is 2.19. The molecule has 110 valence electrons. The van der Waals surface area contributed by atoms with Gasteiger partial charge in [0.2, 0.25) is 0 Å². The average Bonchev–Trinajstić information content (AvgIpc) is 2.47.